The Morgan fingerprint density at radius 1 is 1.13 bits per heavy atom. The van der Waals surface area contributed by atoms with E-state index in [1.54, 1.807) is 36.4 Å². The molecule has 2 aromatic carbocycles. The van der Waals surface area contributed by atoms with Gasteiger partial charge in [-0.15, -0.1) is 0 Å². The number of amides is 1. The SMILES string of the molecule is O=C(NCCC1CCCC1)c1ccc(Oc2cc3c(cc2Cl)C(C(=O)O)CCO3)cc1. The Kier molecular flexibility index (Phi) is 6.66. The van der Waals surface area contributed by atoms with Crippen LogP contribution in [0.5, 0.6) is 17.2 Å². The van der Waals surface area contributed by atoms with Crippen molar-refractivity contribution in [2.45, 2.75) is 44.4 Å². The Labute approximate surface area is 186 Å². The zero-order valence-electron chi connectivity index (χ0n) is 17.2. The third-order valence-electron chi connectivity index (χ3n) is 6.06. The van der Waals surface area contributed by atoms with E-state index in [9.17, 15) is 14.7 Å². The highest BCUT2D eigenvalue weighted by molar-refractivity contribution is 6.32. The molecular formula is C24H26ClNO5. The normalized spacial score (nSPS) is 18.2. The minimum Gasteiger partial charge on any atom is -0.493 e. The van der Waals surface area contributed by atoms with Gasteiger partial charge in [0, 0.05) is 23.7 Å². The van der Waals surface area contributed by atoms with Gasteiger partial charge in [-0.3, -0.25) is 9.59 Å². The van der Waals surface area contributed by atoms with E-state index in [-0.39, 0.29) is 5.91 Å². The molecular weight excluding hydrogens is 418 g/mol. The van der Waals surface area contributed by atoms with Crippen LogP contribution in [0.3, 0.4) is 0 Å². The molecule has 1 unspecified atom stereocenters. The molecule has 6 nitrogen and oxygen atoms in total. The number of benzene rings is 2. The van der Waals surface area contributed by atoms with E-state index in [4.69, 9.17) is 21.1 Å². The highest BCUT2D eigenvalue weighted by Crippen LogP contribution is 2.41. The number of carbonyl (C=O) groups is 2. The molecule has 2 aromatic rings. The smallest absolute Gasteiger partial charge is 0.311 e. The Hall–Kier alpha value is -2.73. The lowest BCUT2D eigenvalue weighted by Gasteiger charge is -2.24. The van der Waals surface area contributed by atoms with Gasteiger partial charge < -0.3 is 19.9 Å². The fourth-order valence-electron chi connectivity index (χ4n) is 4.32. The van der Waals surface area contributed by atoms with E-state index in [0.29, 0.717) is 53.0 Å². The molecule has 0 aromatic heterocycles. The predicted molar refractivity (Wildman–Crippen MR) is 117 cm³/mol. The lowest BCUT2D eigenvalue weighted by Crippen LogP contribution is -2.25. The van der Waals surface area contributed by atoms with Gasteiger partial charge in [0.1, 0.15) is 17.2 Å². The second-order valence-electron chi connectivity index (χ2n) is 8.17. The number of aliphatic carboxylic acids is 1. The number of carbonyl (C=O) groups excluding carboxylic acids is 1. The first kappa shape index (κ1) is 21.5. The van der Waals surface area contributed by atoms with Crippen molar-refractivity contribution < 1.29 is 24.2 Å². The summed E-state index contributed by atoms with van der Waals surface area (Å²) in [4.78, 5) is 23.8. The first-order valence-electron chi connectivity index (χ1n) is 10.8. The number of carboxylic acid groups (broad SMARTS) is 1. The maximum Gasteiger partial charge on any atom is 0.311 e. The molecule has 1 heterocycles. The summed E-state index contributed by atoms with van der Waals surface area (Å²) in [5.41, 5.74) is 1.13. The van der Waals surface area contributed by atoms with Crippen molar-refractivity contribution in [1.82, 2.24) is 5.32 Å². The zero-order chi connectivity index (χ0) is 21.8. The highest BCUT2D eigenvalue weighted by Gasteiger charge is 2.29. The lowest BCUT2D eigenvalue weighted by molar-refractivity contribution is -0.139. The summed E-state index contributed by atoms with van der Waals surface area (Å²) in [5, 5.41) is 12.7. The van der Waals surface area contributed by atoms with Crippen LogP contribution in [-0.2, 0) is 4.79 Å². The number of hydrogen-bond acceptors (Lipinski definition) is 4. The minimum atomic E-state index is -0.897. The predicted octanol–water partition coefficient (Wildman–Crippen LogP) is 5.39. The van der Waals surface area contributed by atoms with Crippen molar-refractivity contribution in [2.24, 2.45) is 5.92 Å². The summed E-state index contributed by atoms with van der Waals surface area (Å²) < 4.78 is 11.5. The molecule has 1 saturated carbocycles. The summed E-state index contributed by atoms with van der Waals surface area (Å²) in [6.45, 7) is 1.03. The zero-order valence-corrected chi connectivity index (χ0v) is 18.0. The molecule has 31 heavy (non-hydrogen) atoms. The highest BCUT2D eigenvalue weighted by atomic mass is 35.5. The summed E-state index contributed by atoms with van der Waals surface area (Å²) in [6.07, 6.45) is 6.60. The van der Waals surface area contributed by atoms with Gasteiger partial charge in [0.25, 0.3) is 5.91 Å². The van der Waals surface area contributed by atoms with Crippen LogP contribution in [0.4, 0.5) is 0 Å². The molecule has 1 aliphatic carbocycles. The monoisotopic (exact) mass is 443 g/mol. The molecule has 0 spiro atoms. The van der Waals surface area contributed by atoms with Crippen LogP contribution in [0.2, 0.25) is 5.02 Å². The summed E-state index contributed by atoms with van der Waals surface area (Å²) in [5.74, 6) is 0.483. The number of fused-ring (bicyclic) bond motifs is 1. The van der Waals surface area contributed by atoms with Crippen LogP contribution >= 0.6 is 11.6 Å². The number of rotatable bonds is 7. The quantitative estimate of drug-likeness (QED) is 0.599. The molecule has 0 radical (unpaired) electrons. The average Bonchev–Trinajstić information content (AvgIpc) is 3.28. The van der Waals surface area contributed by atoms with Gasteiger partial charge >= 0.3 is 5.97 Å². The van der Waals surface area contributed by atoms with Crippen LogP contribution in [0.25, 0.3) is 0 Å². The van der Waals surface area contributed by atoms with Gasteiger partial charge in [-0.1, -0.05) is 37.3 Å². The van der Waals surface area contributed by atoms with Crippen LogP contribution in [-0.4, -0.2) is 30.1 Å². The van der Waals surface area contributed by atoms with E-state index in [1.807, 2.05) is 0 Å². The van der Waals surface area contributed by atoms with Crippen molar-refractivity contribution in [2.75, 3.05) is 13.2 Å². The second-order valence-corrected chi connectivity index (χ2v) is 8.58. The standard InChI is InChI=1S/C24H26ClNO5/c25-20-13-19-18(24(28)29)10-12-30-21(19)14-22(20)31-17-7-5-16(6-8-17)23(27)26-11-9-15-3-1-2-4-15/h5-8,13-15,18H,1-4,9-12H2,(H,26,27)(H,28,29). The van der Waals surface area contributed by atoms with Crippen LogP contribution in [0, 0.1) is 5.92 Å². The minimum absolute atomic E-state index is 0.0931. The van der Waals surface area contributed by atoms with Gasteiger partial charge in [-0.05, 0) is 49.1 Å². The van der Waals surface area contributed by atoms with Crippen LogP contribution in [0.1, 0.15) is 60.4 Å². The third kappa shape index (κ3) is 5.13. The Bertz CT molecular complexity index is 953. The van der Waals surface area contributed by atoms with Gasteiger partial charge in [-0.25, -0.2) is 0 Å². The number of halogens is 1. The maximum absolute atomic E-state index is 12.4. The number of hydrogen-bond donors (Lipinski definition) is 2. The Morgan fingerprint density at radius 2 is 1.87 bits per heavy atom. The first-order valence-corrected chi connectivity index (χ1v) is 11.1. The lowest BCUT2D eigenvalue weighted by atomic mass is 9.93. The summed E-state index contributed by atoms with van der Waals surface area (Å²) in [6, 6.07) is 10.1. The van der Waals surface area contributed by atoms with E-state index in [2.05, 4.69) is 5.32 Å². The first-order chi connectivity index (χ1) is 15.0. The van der Waals surface area contributed by atoms with Gasteiger partial charge in [0.05, 0.1) is 17.5 Å². The Morgan fingerprint density at radius 3 is 2.58 bits per heavy atom. The van der Waals surface area contributed by atoms with Crippen molar-refractivity contribution in [1.29, 1.82) is 0 Å². The molecule has 0 bridgehead atoms. The molecule has 2 N–H and O–H groups in total. The molecule has 1 amide bonds. The van der Waals surface area contributed by atoms with Gasteiger partial charge in [-0.2, -0.15) is 0 Å². The van der Waals surface area contributed by atoms with E-state index < -0.39 is 11.9 Å². The summed E-state index contributed by atoms with van der Waals surface area (Å²) >= 11 is 6.34. The molecule has 2 aliphatic rings. The average molecular weight is 444 g/mol. The molecule has 0 saturated heterocycles. The molecule has 4 rings (SSSR count). The summed E-state index contributed by atoms with van der Waals surface area (Å²) in [7, 11) is 0. The number of ether oxygens (including phenoxy) is 2. The van der Waals surface area contributed by atoms with E-state index in [0.717, 1.165) is 12.3 Å². The number of carboxylic acids is 1. The van der Waals surface area contributed by atoms with Crippen molar-refractivity contribution in [3.63, 3.8) is 0 Å². The maximum atomic E-state index is 12.4. The second kappa shape index (κ2) is 9.60. The third-order valence-corrected chi connectivity index (χ3v) is 6.35. The van der Waals surface area contributed by atoms with Crippen LogP contribution < -0.4 is 14.8 Å². The van der Waals surface area contributed by atoms with Crippen molar-refractivity contribution in [3.05, 3.63) is 52.5 Å². The van der Waals surface area contributed by atoms with Crippen molar-refractivity contribution in [3.8, 4) is 17.2 Å². The molecule has 7 heteroatoms. The molecule has 164 valence electrons. The molecule has 1 aliphatic heterocycles. The fraction of sp³-hybridized carbons (Fsp3) is 0.417. The molecule has 1 atom stereocenters. The van der Waals surface area contributed by atoms with Crippen LogP contribution in [0.15, 0.2) is 36.4 Å². The fourth-order valence-corrected chi connectivity index (χ4v) is 4.53. The van der Waals surface area contributed by atoms with Gasteiger partial charge in [0.2, 0.25) is 0 Å². The van der Waals surface area contributed by atoms with E-state index >= 15 is 0 Å². The van der Waals surface area contributed by atoms with Gasteiger partial charge in [0.15, 0.2) is 0 Å². The molecule has 1 fully saturated rings. The van der Waals surface area contributed by atoms with E-state index in [1.165, 1.54) is 25.7 Å². The topological polar surface area (TPSA) is 84.9 Å². The largest absolute Gasteiger partial charge is 0.493 e. The Balaban J connectivity index is 1.38. The van der Waals surface area contributed by atoms with Crippen molar-refractivity contribution >= 4 is 23.5 Å². The number of nitrogens with one attached hydrogen (secondary N) is 1.